The van der Waals surface area contributed by atoms with Gasteiger partial charge in [0.05, 0.1) is 12.8 Å². The minimum Gasteiger partial charge on any atom is -0.467 e. The molecule has 1 fully saturated rings. The summed E-state index contributed by atoms with van der Waals surface area (Å²) < 4.78 is 5.28. The smallest absolute Gasteiger partial charge is 0.155 e. The number of furan rings is 1. The summed E-state index contributed by atoms with van der Waals surface area (Å²) in [6, 6.07) is 4.23. The highest BCUT2D eigenvalue weighted by Crippen LogP contribution is 2.27. The molecule has 0 bridgehead atoms. The zero-order valence-electron chi connectivity index (χ0n) is 12.0. The van der Waals surface area contributed by atoms with E-state index in [0.29, 0.717) is 24.1 Å². The first-order chi connectivity index (χ1) is 10.3. The zero-order chi connectivity index (χ0) is 14.5. The molecule has 112 valence electrons. The topological polar surface area (TPSA) is 89.0 Å². The number of hydrogen-bond acceptors (Lipinski definition) is 6. The number of aromatic nitrogens is 2. The van der Waals surface area contributed by atoms with Gasteiger partial charge in [0.2, 0.25) is 0 Å². The fraction of sp³-hybridized carbons (Fsp3) is 0.467. The molecule has 2 aromatic rings. The van der Waals surface area contributed by atoms with E-state index in [1.807, 2.05) is 12.1 Å². The second-order valence-electron chi connectivity index (χ2n) is 5.40. The maximum absolute atomic E-state index is 6.16. The van der Waals surface area contributed by atoms with Crippen LogP contribution in [0.5, 0.6) is 0 Å². The van der Waals surface area contributed by atoms with E-state index in [9.17, 15) is 0 Å². The van der Waals surface area contributed by atoms with E-state index >= 15 is 0 Å². The minimum atomic E-state index is 0.467. The molecule has 0 unspecified atom stereocenters. The highest BCUT2D eigenvalue weighted by Gasteiger charge is 2.16. The Balaban J connectivity index is 1.66. The number of nitrogens with one attached hydrogen (secondary N) is 2. The van der Waals surface area contributed by atoms with Crippen molar-refractivity contribution in [3.05, 3.63) is 30.5 Å². The first kappa shape index (κ1) is 13.7. The third-order valence-electron chi connectivity index (χ3n) is 3.84. The van der Waals surface area contributed by atoms with Crippen molar-refractivity contribution in [3.8, 4) is 0 Å². The maximum atomic E-state index is 6.16. The third-order valence-corrected chi connectivity index (χ3v) is 3.84. The molecule has 1 aliphatic carbocycles. The van der Waals surface area contributed by atoms with Crippen LogP contribution in [0, 0.1) is 0 Å². The third kappa shape index (κ3) is 3.45. The van der Waals surface area contributed by atoms with Crippen LogP contribution in [-0.4, -0.2) is 16.0 Å². The molecule has 6 nitrogen and oxygen atoms in total. The van der Waals surface area contributed by atoms with Crippen LogP contribution in [-0.2, 0) is 6.54 Å². The van der Waals surface area contributed by atoms with Gasteiger partial charge < -0.3 is 20.8 Å². The van der Waals surface area contributed by atoms with E-state index in [4.69, 9.17) is 10.2 Å². The first-order valence-corrected chi connectivity index (χ1v) is 7.46. The lowest BCUT2D eigenvalue weighted by Gasteiger charge is -2.24. The van der Waals surface area contributed by atoms with E-state index in [1.54, 1.807) is 6.26 Å². The molecule has 2 heterocycles. The van der Waals surface area contributed by atoms with Gasteiger partial charge in [0, 0.05) is 6.04 Å². The Morgan fingerprint density at radius 2 is 2.00 bits per heavy atom. The van der Waals surface area contributed by atoms with Crippen LogP contribution in [0.3, 0.4) is 0 Å². The second kappa shape index (κ2) is 6.47. The van der Waals surface area contributed by atoms with E-state index in [1.165, 1.54) is 38.4 Å². The van der Waals surface area contributed by atoms with Crippen molar-refractivity contribution in [2.24, 2.45) is 0 Å². The Morgan fingerprint density at radius 1 is 1.19 bits per heavy atom. The van der Waals surface area contributed by atoms with Gasteiger partial charge in [-0.25, -0.2) is 9.97 Å². The lowest BCUT2D eigenvalue weighted by molar-refractivity contribution is 0.462. The zero-order valence-corrected chi connectivity index (χ0v) is 12.0. The molecular weight excluding hydrogens is 266 g/mol. The SMILES string of the molecule is Nc1c(NCc2ccco2)ncnc1NC1CCCCC1. The summed E-state index contributed by atoms with van der Waals surface area (Å²) in [7, 11) is 0. The van der Waals surface area contributed by atoms with Crippen molar-refractivity contribution in [2.75, 3.05) is 16.4 Å². The van der Waals surface area contributed by atoms with Crippen LogP contribution in [0.15, 0.2) is 29.1 Å². The predicted molar refractivity (Wildman–Crippen MR) is 83.0 cm³/mol. The van der Waals surface area contributed by atoms with Gasteiger partial charge >= 0.3 is 0 Å². The van der Waals surface area contributed by atoms with Crippen molar-refractivity contribution < 1.29 is 4.42 Å². The molecule has 0 spiro atoms. The van der Waals surface area contributed by atoms with Crippen LogP contribution in [0.25, 0.3) is 0 Å². The second-order valence-corrected chi connectivity index (χ2v) is 5.40. The standard InChI is InChI=1S/C15H21N5O/c16-13-14(17-9-12-7-4-8-21-12)18-10-19-15(13)20-11-5-2-1-3-6-11/h4,7-8,10-11H,1-3,5-6,9,16H2,(H2,17,18,19,20). The van der Waals surface area contributed by atoms with Crippen LogP contribution in [0.2, 0.25) is 0 Å². The van der Waals surface area contributed by atoms with Gasteiger partial charge in [-0.05, 0) is 25.0 Å². The number of nitrogens with zero attached hydrogens (tertiary/aromatic N) is 2. The van der Waals surface area contributed by atoms with Gasteiger partial charge in [0.25, 0.3) is 0 Å². The van der Waals surface area contributed by atoms with Gasteiger partial charge in [0.15, 0.2) is 11.6 Å². The Kier molecular flexibility index (Phi) is 4.23. The molecule has 0 aromatic carbocycles. The summed E-state index contributed by atoms with van der Waals surface area (Å²) in [6.45, 7) is 0.553. The average molecular weight is 287 g/mol. The van der Waals surface area contributed by atoms with Crippen molar-refractivity contribution in [3.63, 3.8) is 0 Å². The van der Waals surface area contributed by atoms with E-state index in [2.05, 4.69) is 20.6 Å². The number of nitrogens with two attached hydrogens (primary N) is 1. The Morgan fingerprint density at radius 3 is 2.76 bits per heavy atom. The van der Waals surface area contributed by atoms with Gasteiger partial charge in [-0.1, -0.05) is 19.3 Å². The molecule has 1 aliphatic rings. The number of anilines is 3. The first-order valence-electron chi connectivity index (χ1n) is 7.46. The molecule has 6 heteroatoms. The fourth-order valence-electron chi connectivity index (χ4n) is 2.68. The lowest BCUT2D eigenvalue weighted by atomic mass is 9.95. The highest BCUT2D eigenvalue weighted by atomic mass is 16.3. The Bertz CT molecular complexity index is 563. The summed E-state index contributed by atoms with van der Waals surface area (Å²) >= 11 is 0. The molecule has 0 saturated heterocycles. The molecule has 0 atom stereocenters. The molecule has 0 amide bonds. The number of rotatable bonds is 5. The van der Waals surface area contributed by atoms with E-state index in [-0.39, 0.29) is 0 Å². The van der Waals surface area contributed by atoms with Gasteiger partial charge in [-0.2, -0.15) is 0 Å². The van der Waals surface area contributed by atoms with Crippen molar-refractivity contribution >= 4 is 17.3 Å². The van der Waals surface area contributed by atoms with Gasteiger partial charge in [-0.15, -0.1) is 0 Å². The Labute approximate surface area is 124 Å². The van der Waals surface area contributed by atoms with Crippen molar-refractivity contribution in [1.82, 2.24) is 9.97 Å². The Hall–Kier alpha value is -2.24. The van der Waals surface area contributed by atoms with Gasteiger partial charge in [-0.3, -0.25) is 0 Å². The molecule has 1 saturated carbocycles. The maximum Gasteiger partial charge on any atom is 0.155 e. The predicted octanol–water partition coefficient (Wildman–Crippen LogP) is 3.01. The van der Waals surface area contributed by atoms with E-state index < -0.39 is 0 Å². The highest BCUT2D eigenvalue weighted by molar-refractivity contribution is 5.74. The van der Waals surface area contributed by atoms with Crippen LogP contribution in [0.1, 0.15) is 37.9 Å². The van der Waals surface area contributed by atoms with Crippen molar-refractivity contribution in [1.29, 1.82) is 0 Å². The summed E-state index contributed by atoms with van der Waals surface area (Å²) in [4.78, 5) is 8.47. The van der Waals surface area contributed by atoms with Crippen LogP contribution < -0.4 is 16.4 Å². The molecule has 2 aromatic heterocycles. The number of hydrogen-bond donors (Lipinski definition) is 3. The summed E-state index contributed by atoms with van der Waals surface area (Å²) in [5.41, 5.74) is 6.72. The summed E-state index contributed by atoms with van der Waals surface area (Å²) in [5.74, 6) is 2.20. The van der Waals surface area contributed by atoms with Crippen LogP contribution >= 0.6 is 0 Å². The molecule has 0 aliphatic heterocycles. The number of nitrogen functional groups attached to an aromatic ring is 1. The monoisotopic (exact) mass is 287 g/mol. The van der Waals surface area contributed by atoms with Gasteiger partial charge in [0.1, 0.15) is 17.8 Å². The molecule has 4 N–H and O–H groups in total. The molecule has 21 heavy (non-hydrogen) atoms. The lowest BCUT2D eigenvalue weighted by Crippen LogP contribution is -2.23. The normalized spacial score (nSPS) is 15.8. The molecular formula is C15H21N5O. The average Bonchev–Trinajstić information content (AvgIpc) is 3.03. The summed E-state index contributed by atoms with van der Waals surface area (Å²) in [6.07, 6.45) is 9.41. The largest absolute Gasteiger partial charge is 0.467 e. The van der Waals surface area contributed by atoms with E-state index in [0.717, 1.165) is 11.6 Å². The molecule has 3 rings (SSSR count). The van der Waals surface area contributed by atoms with Crippen LogP contribution in [0.4, 0.5) is 17.3 Å². The fourth-order valence-corrected chi connectivity index (χ4v) is 2.68. The van der Waals surface area contributed by atoms with Crippen molar-refractivity contribution in [2.45, 2.75) is 44.7 Å². The quantitative estimate of drug-likeness (QED) is 0.783. The molecule has 0 radical (unpaired) electrons. The minimum absolute atomic E-state index is 0.467. The summed E-state index contributed by atoms with van der Waals surface area (Å²) in [5, 5.41) is 6.63.